The van der Waals surface area contributed by atoms with E-state index in [1.54, 1.807) is 0 Å². The van der Waals surface area contributed by atoms with E-state index >= 15 is 0 Å². The first-order valence-electron chi connectivity index (χ1n) is 7.25. The van der Waals surface area contributed by atoms with E-state index in [9.17, 15) is 9.18 Å². The van der Waals surface area contributed by atoms with Crippen LogP contribution in [0.1, 0.15) is 0 Å². The quantitative estimate of drug-likeness (QED) is 0.407. The molecule has 2 aliphatic rings. The predicted octanol–water partition coefficient (Wildman–Crippen LogP) is -1.23. The second kappa shape index (κ2) is 7.60. The van der Waals surface area contributed by atoms with Crippen molar-refractivity contribution in [3.8, 4) is 0 Å². The highest BCUT2D eigenvalue weighted by molar-refractivity contribution is 5.96. The minimum Gasteiger partial charge on any atom is -0.382 e. The fourth-order valence-corrected chi connectivity index (χ4v) is 2.59. The van der Waals surface area contributed by atoms with Gasteiger partial charge in [0.15, 0.2) is 18.4 Å². The average Bonchev–Trinajstić information content (AvgIpc) is 2.82. The van der Waals surface area contributed by atoms with Crippen LogP contribution in [0.15, 0.2) is 29.2 Å². The zero-order valence-corrected chi connectivity index (χ0v) is 13.6. The lowest BCUT2D eigenvalue weighted by Gasteiger charge is -2.33. The van der Waals surface area contributed by atoms with Gasteiger partial charge in [-0.15, -0.1) is 0 Å². The molecule has 2 rings (SSSR count). The van der Waals surface area contributed by atoms with Crippen molar-refractivity contribution in [3.63, 3.8) is 0 Å². The van der Waals surface area contributed by atoms with Crippen LogP contribution in [0.3, 0.4) is 0 Å². The van der Waals surface area contributed by atoms with Gasteiger partial charge in [-0.1, -0.05) is 6.58 Å². The molecule has 0 bridgehead atoms. The van der Waals surface area contributed by atoms with Gasteiger partial charge in [-0.05, 0) is 0 Å². The van der Waals surface area contributed by atoms with E-state index in [0.29, 0.717) is 0 Å². The summed E-state index contributed by atoms with van der Waals surface area (Å²) in [6.07, 6.45) is -2.44. The van der Waals surface area contributed by atoms with E-state index in [1.165, 1.54) is 25.3 Å². The third-order valence-corrected chi connectivity index (χ3v) is 3.73. The summed E-state index contributed by atoms with van der Waals surface area (Å²) in [5.74, 6) is -0.375. The molecule has 1 saturated heterocycles. The van der Waals surface area contributed by atoms with Crippen molar-refractivity contribution in [2.75, 3.05) is 27.4 Å². The van der Waals surface area contributed by atoms with Gasteiger partial charge in [0.1, 0.15) is 18.0 Å². The summed E-state index contributed by atoms with van der Waals surface area (Å²) >= 11 is 0. The van der Waals surface area contributed by atoms with Crippen LogP contribution in [0, 0.1) is 0 Å². The van der Waals surface area contributed by atoms with Crippen LogP contribution in [0.5, 0.6) is 0 Å². The van der Waals surface area contributed by atoms with Gasteiger partial charge < -0.3 is 35.9 Å². The second-order valence-corrected chi connectivity index (χ2v) is 5.37. The largest absolute Gasteiger partial charge is 0.382 e. The molecule has 0 spiro atoms. The highest BCUT2D eigenvalue weighted by atomic mass is 19.1. The minimum absolute atomic E-state index is 0.0448. The summed E-state index contributed by atoms with van der Waals surface area (Å²) in [5.41, 5.74) is 10.8. The number of hydrogen-bond donors (Lipinski definition) is 3. The van der Waals surface area contributed by atoms with Gasteiger partial charge >= 0.3 is 0 Å². The lowest BCUT2D eigenvalue weighted by Crippen LogP contribution is -2.47. The Hall–Kier alpha value is -2.17. The Morgan fingerprint density at radius 3 is 2.83 bits per heavy atom. The maximum Gasteiger partial charge on any atom is 0.256 e. The maximum absolute atomic E-state index is 14.7. The molecule has 9 nitrogen and oxygen atoms in total. The summed E-state index contributed by atoms with van der Waals surface area (Å²) in [6, 6.07) is 0. The van der Waals surface area contributed by atoms with Crippen molar-refractivity contribution in [2.45, 2.75) is 24.6 Å². The number of aliphatic imine (C=N–C) groups is 1. The third kappa shape index (κ3) is 3.66. The lowest BCUT2D eigenvalue weighted by molar-refractivity contribution is -0.119. The molecule has 134 valence electrons. The SMILES string of the molecule is C=C1NC(=O)C(CN=C(N)N)=CN1[C@@H]1O[C@H](COC)[C@@H](OC)C1F. The van der Waals surface area contributed by atoms with E-state index in [2.05, 4.69) is 16.9 Å². The van der Waals surface area contributed by atoms with Gasteiger partial charge in [-0.25, -0.2) is 9.38 Å². The standard InChI is InChI=1S/C14H22FN5O4/c1-7-19-12(21)8(4-18-14(16)17)5-20(7)13-10(15)11(23-3)9(24-13)6-22-2/h5,9-11,13H,1,4,6H2,2-3H3,(H,19,21)(H4,16,17,18)/t9-,10?,11-,13-/m1/s1. The Morgan fingerprint density at radius 2 is 2.25 bits per heavy atom. The molecule has 0 aromatic carbocycles. The smallest absolute Gasteiger partial charge is 0.256 e. The van der Waals surface area contributed by atoms with Gasteiger partial charge in [0.2, 0.25) is 0 Å². The van der Waals surface area contributed by atoms with Crippen molar-refractivity contribution in [3.05, 3.63) is 24.2 Å². The van der Waals surface area contributed by atoms with E-state index in [0.717, 1.165) is 0 Å². The highest BCUT2D eigenvalue weighted by Gasteiger charge is 2.49. The van der Waals surface area contributed by atoms with Crippen molar-refractivity contribution < 1.29 is 23.4 Å². The number of guanidine groups is 1. The molecule has 0 saturated carbocycles. The number of nitrogens with zero attached hydrogens (tertiary/aromatic N) is 2. The monoisotopic (exact) mass is 343 g/mol. The molecule has 1 fully saturated rings. The molecule has 0 aromatic heterocycles. The summed E-state index contributed by atoms with van der Waals surface area (Å²) in [5, 5.41) is 2.53. The molecule has 24 heavy (non-hydrogen) atoms. The number of carbonyl (C=O) groups is 1. The van der Waals surface area contributed by atoms with E-state index in [-0.39, 0.29) is 30.5 Å². The first kappa shape index (κ1) is 18.2. The zero-order chi connectivity index (χ0) is 17.9. The number of halogens is 1. The van der Waals surface area contributed by atoms with Gasteiger partial charge in [-0.2, -0.15) is 0 Å². The third-order valence-electron chi connectivity index (χ3n) is 3.73. The molecule has 1 unspecified atom stereocenters. The lowest BCUT2D eigenvalue weighted by atomic mass is 10.1. The fraction of sp³-hybridized carbons (Fsp3) is 0.571. The molecule has 2 heterocycles. The zero-order valence-electron chi connectivity index (χ0n) is 13.6. The highest BCUT2D eigenvalue weighted by Crippen LogP contribution is 2.31. The van der Waals surface area contributed by atoms with Crippen molar-refractivity contribution >= 4 is 11.9 Å². The number of methoxy groups -OCH3 is 2. The molecule has 1 amide bonds. The van der Waals surface area contributed by atoms with Crippen LogP contribution in [-0.4, -0.2) is 68.7 Å². The normalized spacial score (nSPS) is 30.1. The molecular weight excluding hydrogens is 321 g/mol. The summed E-state index contributed by atoms with van der Waals surface area (Å²) in [6.45, 7) is 3.85. The number of carbonyl (C=O) groups excluding carboxylic acids is 1. The first-order valence-corrected chi connectivity index (χ1v) is 7.25. The minimum atomic E-state index is -1.47. The van der Waals surface area contributed by atoms with Crippen LogP contribution in [0.4, 0.5) is 4.39 Å². The van der Waals surface area contributed by atoms with Gasteiger partial charge in [0.05, 0.1) is 18.7 Å². The Bertz CT molecular complexity index is 563. The van der Waals surface area contributed by atoms with E-state index in [1.807, 2.05) is 0 Å². The van der Waals surface area contributed by atoms with Crippen LogP contribution >= 0.6 is 0 Å². The molecule has 0 aliphatic carbocycles. The number of nitrogens with one attached hydrogen (secondary N) is 1. The molecule has 5 N–H and O–H groups in total. The summed E-state index contributed by atoms with van der Waals surface area (Å²) in [7, 11) is 2.89. The fourth-order valence-electron chi connectivity index (χ4n) is 2.59. The Morgan fingerprint density at radius 1 is 1.54 bits per heavy atom. The predicted molar refractivity (Wildman–Crippen MR) is 84.1 cm³/mol. The first-order chi connectivity index (χ1) is 11.4. The van der Waals surface area contributed by atoms with E-state index < -0.39 is 30.5 Å². The topological polar surface area (TPSA) is 124 Å². The summed E-state index contributed by atoms with van der Waals surface area (Å²) < 4.78 is 30.6. The Kier molecular flexibility index (Phi) is 5.75. The molecule has 0 radical (unpaired) electrons. The number of rotatable bonds is 6. The summed E-state index contributed by atoms with van der Waals surface area (Å²) in [4.78, 5) is 17.1. The van der Waals surface area contributed by atoms with Gasteiger partial charge in [0, 0.05) is 20.4 Å². The van der Waals surface area contributed by atoms with E-state index in [4.69, 9.17) is 25.7 Å². The number of ether oxygens (including phenoxy) is 3. The van der Waals surface area contributed by atoms with Crippen LogP contribution in [0.2, 0.25) is 0 Å². The number of nitrogens with two attached hydrogens (primary N) is 2. The molecule has 2 aliphatic heterocycles. The molecule has 0 aromatic rings. The average molecular weight is 343 g/mol. The second-order valence-electron chi connectivity index (χ2n) is 5.37. The van der Waals surface area contributed by atoms with Crippen LogP contribution < -0.4 is 16.8 Å². The van der Waals surface area contributed by atoms with Gasteiger partial charge in [-0.3, -0.25) is 4.79 Å². The molecular formula is C14H22FN5O4. The Labute approximate surface area is 139 Å². The van der Waals surface area contributed by atoms with Gasteiger partial charge in [0.25, 0.3) is 5.91 Å². The van der Waals surface area contributed by atoms with Crippen molar-refractivity contribution in [1.82, 2.24) is 10.2 Å². The number of amides is 1. The Balaban J connectivity index is 2.23. The molecule has 10 heteroatoms. The number of hydrogen-bond acceptors (Lipinski definition) is 6. The van der Waals surface area contributed by atoms with Crippen LogP contribution in [-0.2, 0) is 19.0 Å². The van der Waals surface area contributed by atoms with Crippen molar-refractivity contribution in [1.29, 1.82) is 0 Å². The van der Waals surface area contributed by atoms with Crippen molar-refractivity contribution in [2.24, 2.45) is 16.5 Å². The molecule has 4 atom stereocenters. The maximum atomic E-state index is 14.7. The number of alkyl halides is 1. The van der Waals surface area contributed by atoms with Crippen LogP contribution in [0.25, 0.3) is 0 Å².